The molecule has 2 heteroatoms. The number of rotatable bonds is 2. The van der Waals surface area contributed by atoms with Crippen molar-refractivity contribution in [3.63, 3.8) is 0 Å². The van der Waals surface area contributed by atoms with Crippen LogP contribution in [0.3, 0.4) is 0 Å². The van der Waals surface area contributed by atoms with E-state index in [2.05, 4.69) is 24.6 Å². The van der Waals surface area contributed by atoms with Crippen LogP contribution < -0.4 is 0 Å². The zero-order valence-electron chi connectivity index (χ0n) is 10.2. The SMILES string of the molecule is C=Cc1ccc(-c2nc3ccccc3o2)cc1C. The third-order valence-electron chi connectivity index (χ3n) is 3.03. The Morgan fingerprint density at radius 2 is 2.00 bits per heavy atom. The minimum atomic E-state index is 0.662. The maximum absolute atomic E-state index is 5.75. The normalized spacial score (nSPS) is 10.7. The summed E-state index contributed by atoms with van der Waals surface area (Å²) in [5.41, 5.74) is 5.00. The first-order valence-electron chi connectivity index (χ1n) is 5.87. The highest BCUT2D eigenvalue weighted by atomic mass is 16.3. The van der Waals surface area contributed by atoms with Gasteiger partial charge in [0.2, 0.25) is 5.89 Å². The maximum atomic E-state index is 5.75. The second-order valence-electron chi connectivity index (χ2n) is 4.26. The van der Waals surface area contributed by atoms with Gasteiger partial charge in [0.15, 0.2) is 5.58 Å². The van der Waals surface area contributed by atoms with Crippen molar-refractivity contribution in [1.82, 2.24) is 4.98 Å². The molecule has 1 aromatic heterocycles. The molecule has 0 aliphatic heterocycles. The summed E-state index contributed by atoms with van der Waals surface area (Å²) in [6.07, 6.45) is 1.85. The quantitative estimate of drug-likeness (QED) is 0.656. The van der Waals surface area contributed by atoms with Crippen LogP contribution in [-0.2, 0) is 0 Å². The van der Waals surface area contributed by atoms with Crippen LogP contribution in [-0.4, -0.2) is 4.98 Å². The average molecular weight is 235 g/mol. The van der Waals surface area contributed by atoms with E-state index in [4.69, 9.17) is 4.42 Å². The Labute approximate surface area is 106 Å². The fourth-order valence-corrected chi connectivity index (χ4v) is 2.03. The van der Waals surface area contributed by atoms with Crippen molar-refractivity contribution < 1.29 is 4.42 Å². The van der Waals surface area contributed by atoms with Gasteiger partial charge in [-0.15, -0.1) is 0 Å². The number of oxazole rings is 1. The number of benzene rings is 2. The third kappa shape index (κ3) is 1.72. The van der Waals surface area contributed by atoms with E-state index in [0.29, 0.717) is 5.89 Å². The molecule has 2 nitrogen and oxygen atoms in total. The van der Waals surface area contributed by atoms with Crippen LogP contribution in [0.5, 0.6) is 0 Å². The summed E-state index contributed by atoms with van der Waals surface area (Å²) in [5, 5.41) is 0. The van der Waals surface area contributed by atoms with Crippen LogP contribution in [0.1, 0.15) is 11.1 Å². The minimum Gasteiger partial charge on any atom is -0.436 e. The van der Waals surface area contributed by atoms with Gasteiger partial charge < -0.3 is 4.42 Å². The first kappa shape index (κ1) is 10.8. The highest BCUT2D eigenvalue weighted by molar-refractivity contribution is 5.76. The molecule has 88 valence electrons. The van der Waals surface area contributed by atoms with Gasteiger partial charge >= 0.3 is 0 Å². The van der Waals surface area contributed by atoms with Crippen LogP contribution in [0.25, 0.3) is 28.6 Å². The lowest BCUT2D eigenvalue weighted by molar-refractivity contribution is 0.620. The molecule has 0 atom stereocenters. The fraction of sp³-hybridized carbons (Fsp3) is 0.0625. The first-order valence-corrected chi connectivity index (χ1v) is 5.87. The van der Waals surface area contributed by atoms with Crippen LogP contribution in [0.4, 0.5) is 0 Å². The predicted molar refractivity (Wildman–Crippen MR) is 74.3 cm³/mol. The highest BCUT2D eigenvalue weighted by Gasteiger charge is 2.08. The number of para-hydroxylation sites is 2. The van der Waals surface area contributed by atoms with E-state index in [1.807, 2.05) is 42.5 Å². The number of hydrogen-bond acceptors (Lipinski definition) is 2. The summed E-state index contributed by atoms with van der Waals surface area (Å²) in [6, 6.07) is 13.9. The molecule has 0 radical (unpaired) electrons. The Morgan fingerprint density at radius 3 is 2.72 bits per heavy atom. The molecule has 0 unspecified atom stereocenters. The van der Waals surface area contributed by atoms with Gasteiger partial charge in [0.25, 0.3) is 0 Å². The van der Waals surface area contributed by atoms with Gasteiger partial charge in [-0.05, 0) is 42.3 Å². The van der Waals surface area contributed by atoms with E-state index in [9.17, 15) is 0 Å². The minimum absolute atomic E-state index is 0.662. The lowest BCUT2D eigenvalue weighted by Crippen LogP contribution is -1.83. The van der Waals surface area contributed by atoms with Gasteiger partial charge in [0.1, 0.15) is 5.52 Å². The number of nitrogens with zero attached hydrogens (tertiary/aromatic N) is 1. The summed E-state index contributed by atoms with van der Waals surface area (Å²) in [5.74, 6) is 0.662. The van der Waals surface area contributed by atoms with Crippen LogP contribution in [0, 0.1) is 6.92 Å². The summed E-state index contributed by atoms with van der Waals surface area (Å²) < 4.78 is 5.75. The van der Waals surface area contributed by atoms with Gasteiger partial charge in [0, 0.05) is 5.56 Å². The van der Waals surface area contributed by atoms with Gasteiger partial charge in [-0.25, -0.2) is 4.98 Å². The van der Waals surface area contributed by atoms with Crippen molar-refractivity contribution in [2.24, 2.45) is 0 Å². The van der Waals surface area contributed by atoms with Crippen molar-refractivity contribution in [3.8, 4) is 11.5 Å². The molecule has 2 aromatic carbocycles. The standard InChI is InChI=1S/C16H13NO/c1-3-12-8-9-13(10-11(12)2)16-17-14-6-4-5-7-15(14)18-16/h3-10H,1H2,2H3. The fourth-order valence-electron chi connectivity index (χ4n) is 2.03. The molecule has 0 N–H and O–H groups in total. The van der Waals surface area contributed by atoms with E-state index in [1.54, 1.807) is 0 Å². The van der Waals surface area contributed by atoms with E-state index < -0.39 is 0 Å². The molecule has 0 saturated carbocycles. The molecular formula is C16H13NO. The van der Waals surface area contributed by atoms with E-state index in [-0.39, 0.29) is 0 Å². The van der Waals surface area contributed by atoms with E-state index in [1.165, 1.54) is 5.56 Å². The number of fused-ring (bicyclic) bond motifs is 1. The average Bonchev–Trinajstić information content (AvgIpc) is 2.82. The van der Waals surface area contributed by atoms with Crippen LogP contribution in [0.15, 0.2) is 53.5 Å². The van der Waals surface area contributed by atoms with E-state index in [0.717, 1.165) is 22.2 Å². The second kappa shape index (κ2) is 4.15. The molecule has 18 heavy (non-hydrogen) atoms. The van der Waals surface area contributed by atoms with Crippen molar-refractivity contribution in [3.05, 3.63) is 60.2 Å². The lowest BCUT2D eigenvalue weighted by Gasteiger charge is -2.01. The Balaban J connectivity index is 2.14. The largest absolute Gasteiger partial charge is 0.436 e. The molecular weight excluding hydrogens is 222 g/mol. The Hall–Kier alpha value is -2.35. The predicted octanol–water partition coefficient (Wildman–Crippen LogP) is 4.45. The molecule has 1 heterocycles. The van der Waals surface area contributed by atoms with E-state index >= 15 is 0 Å². The molecule has 3 rings (SSSR count). The molecule has 0 bridgehead atoms. The van der Waals surface area contributed by atoms with Gasteiger partial charge in [-0.2, -0.15) is 0 Å². The third-order valence-corrected chi connectivity index (χ3v) is 3.03. The van der Waals surface area contributed by atoms with Crippen LogP contribution >= 0.6 is 0 Å². The van der Waals surface area contributed by atoms with Crippen molar-refractivity contribution in [2.45, 2.75) is 6.92 Å². The summed E-state index contributed by atoms with van der Waals surface area (Å²) >= 11 is 0. The first-order chi connectivity index (χ1) is 8.78. The van der Waals surface area contributed by atoms with Gasteiger partial charge in [0.05, 0.1) is 0 Å². The summed E-state index contributed by atoms with van der Waals surface area (Å²) in [6.45, 7) is 5.85. The highest BCUT2D eigenvalue weighted by Crippen LogP contribution is 2.25. The molecule has 0 amide bonds. The lowest BCUT2D eigenvalue weighted by atomic mass is 10.1. The second-order valence-corrected chi connectivity index (χ2v) is 4.26. The van der Waals surface area contributed by atoms with Crippen molar-refractivity contribution >= 4 is 17.2 Å². The molecule has 0 aliphatic rings. The van der Waals surface area contributed by atoms with Crippen molar-refractivity contribution in [2.75, 3.05) is 0 Å². The van der Waals surface area contributed by atoms with Gasteiger partial charge in [-0.3, -0.25) is 0 Å². The number of hydrogen-bond donors (Lipinski definition) is 0. The smallest absolute Gasteiger partial charge is 0.227 e. The topological polar surface area (TPSA) is 26.0 Å². The van der Waals surface area contributed by atoms with Crippen molar-refractivity contribution in [1.29, 1.82) is 0 Å². The Kier molecular flexibility index (Phi) is 2.49. The Bertz CT molecular complexity index is 692. The zero-order chi connectivity index (χ0) is 12.5. The van der Waals surface area contributed by atoms with Gasteiger partial charge in [-0.1, -0.05) is 30.9 Å². The molecule has 0 spiro atoms. The number of aryl methyl sites for hydroxylation is 1. The molecule has 3 aromatic rings. The van der Waals surface area contributed by atoms with Crippen LogP contribution in [0.2, 0.25) is 0 Å². The maximum Gasteiger partial charge on any atom is 0.227 e. The Morgan fingerprint density at radius 1 is 1.17 bits per heavy atom. The molecule has 0 fully saturated rings. The molecule has 0 saturated heterocycles. The summed E-state index contributed by atoms with van der Waals surface area (Å²) in [7, 11) is 0. The monoisotopic (exact) mass is 235 g/mol. The summed E-state index contributed by atoms with van der Waals surface area (Å²) in [4.78, 5) is 4.49. The molecule has 0 aliphatic carbocycles. The zero-order valence-corrected chi connectivity index (χ0v) is 10.2. The number of aromatic nitrogens is 1.